The van der Waals surface area contributed by atoms with Crippen molar-refractivity contribution in [1.82, 2.24) is 0 Å². The van der Waals surface area contributed by atoms with Crippen LogP contribution in [0.25, 0.3) is 0 Å². The second-order valence-electron chi connectivity index (χ2n) is 5.98. The fourth-order valence-corrected chi connectivity index (χ4v) is 2.77. The largest absolute Gasteiger partial charge is 0.497 e. The smallest absolute Gasteiger partial charge is 0.228 e. The van der Waals surface area contributed by atoms with Crippen LogP contribution in [0, 0.1) is 0 Å². The Hall–Kier alpha value is -2.62. The molecule has 1 N–H and O–H groups in total. The van der Waals surface area contributed by atoms with E-state index in [1.165, 1.54) is 0 Å². The molecule has 0 fully saturated rings. The Labute approximate surface area is 149 Å². The summed E-state index contributed by atoms with van der Waals surface area (Å²) in [5.41, 5.74) is 3.39. The Balaban J connectivity index is 2.08. The van der Waals surface area contributed by atoms with Gasteiger partial charge in [0.05, 0.1) is 13.5 Å². The lowest BCUT2D eigenvalue weighted by Crippen LogP contribution is -2.15. The topological polar surface area (TPSA) is 55.4 Å². The fourth-order valence-electron chi connectivity index (χ4n) is 2.77. The molecular formula is C21H25NO3. The lowest BCUT2D eigenvalue weighted by molar-refractivity contribution is -0.115. The Morgan fingerprint density at radius 1 is 1.08 bits per heavy atom. The molecule has 4 nitrogen and oxygen atoms in total. The maximum atomic E-state index is 12.3. The summed E-state index contributed by atoms with van der Waals surface area (Å²) in [5, 5.41) is 2.87. The number of carbonyl (C=O) groups is 2. The summed E-state index contributed by atoms with van der Waals surface area (Å²) in [7, 11) is 1.59. The van der Waals surface area contributed by atoms with Crippen molar-refractivity contribution in [3.05, 3.63) is 59.2 Å². The first-order valence-electron chi connectivity index (χ1n) is 8.66. The number of hydrogen-bond donors (Lipinski definition) is 1. The molecule has 2 aromatic carbocycles. The molecule has 132 valence electrons. The van der Waals surface area contributed by atoms with Gasteiger partial charge in [0.15, 0.2) is 5.78 Å². The highest BCUT2D eigenvalue weighted by Gasteiger charge is 2.12. The number of anilines is 1. The van der Waals surface area contributed by atoms with Crippen molar-refractivity contribution in [1.29, 1.82) is 0 Å². The molecule has 4 heteroatoms. The molecule has 25 heavy (non-hydrogen) atoms. The highest BCUT2D eigenvalue weighted by Crippen LogP contribution is 2.19. The SMILES string of the molecule is CCCC(=O)c1ccc(CC(=O)Nc2cccc(OC)c2)cc1CC. The molecule has 0 saturated heterocycles. The molecule has 0 spiro atoms. The monoisotopic (exact) mass is 339 g/mol. The van der Waals surface area contributed by atoms with Crippen LogP contribution in [-0.2, 0) is 17.6 Å². The van der Waals surface area contributed by atoms with E-state index in [0.717, 1.165) is 29.5 Å². The van der Waals surface area contributed by atoms with Gasteiger partial charge in [-0.25, -0.2) is 0 Å². The molecular weight excluding hydrogens is 314 g/mol. The molecule has 0 aromatic heterocycles. The van der Waals surface area contributed by atoms with Crippen LogP contribution in [0.1, 0.15) is 48.2 Å². The first kappa shape index (κ1) is 18.7. The molecule has 0 unspecified atom stereocenters. The van der Waals surface area contributed by atoms with Gasteiger partial charge in [-0.3, -0.25) is 9.59 Å². The molecule has 1 amide bonds. The number of benzene rings is 2. The molecule has 0 radical (unpaired) electrons. The molecule has 2 rings (SSSR count). The third-order valence-electron chi connectivity index (χ3n) is 4.05. The van der Waals surface area contributed by atoms with E-state index in [9.17, 15) is 9.59 Å². The number of nitrogens with one attached hydrogen (secondary N) is 1. The highest BCUT2D eigenvalue weighted by molar-refractivity contribution is 5.98. The maximum absolute atomic E-state index is 12.3. The second kappa shape index (κ2) is 9.02. The lowest BCUT2D eigenvalue weighted by Gasteiger charge is -2.10. The Morgan fingerprint density at radius 3 is 2.56 bits per heavy atom. The van der Waals surface area contributed by atoms with Crippen molar-refractivity contribution in [2.45, 2.75) is 39.5 Å². The van der Waals surface area contributed by atoms with Crippen molar-refractivity contribution in [2.75, 3.05) is 12.4 Å². The van der Waals surface area contributed by atoms with Crippen molar-refractivity contribution < 1.29 is 14.3 Å². The third kappa shape index (κ3) is 5.18. The van der Waals surface area contributed by atoms with E-state index in [4.69, 9.17) is 4.74 Å². The van der Waals surface area contributed by atoms with Gasteiger partial charge in [-0.15, -0.1) is 0 Å². The molecule has 2 aromatic rings. The van der Waals surface area contributed by atoms with Crippen molar-refractivity contribution in [2.24, 2.45) is 0 Å². The van der Waals surface area contributed by atoms with Gasteiger partial charge < -0.3 is 10.1 Å². The maximum Gasteiger partial charge on any atom is 0.228 e. The number of carbonyl (C=O) groups excluding carboxylic acids is 2. The Morgan fingerprint density at radius 2 is 1.88 bits per heavy atom. The van der Waals surface area contributed by atoms with Crippen LogP contribution < -0.4 is 10.1 Å². The molecule has 0 aliphatic heterocycles. The number of methoxy groups -OCH3 is 1. The molecule has 0 saturated carbocycles. The average Bonchev–Trinajstić information content (AvgIpc) is 2.61. The van der Waals surface area contributed by atoms with Gasteiger partial charge in [0, 0.05) is 23.7 Å². The van der Waals surface area contributed by atoms with Crippen LogP contribution in [0.4, 0.5) is 5.69 Å². The zero-order valence-electron chi connectivity index (χ0n) is 15.1. The van der Waals surface area contributed by atoms with Gasteiger partial charge in [0.1, 0.15) is 5.75 Å². The summed E-state index contributed by atoms with van der Waals surface area (Å²) >= 11 is 0. The van der Waals surface area contributed by atoms with Crippen molar-refractivity contribution >= 4 is 17.4 Å². The molecule has 0 atom stereocenters. The van der Waals surface area contributed by atoms with E-state index in [1.54, 1.807) is 13.2 Å². The van der Waals surface area contributed by atoms with Gasteiger partial charge in [0.2, 0.25) is 5.91 Å². The van der Waals surface area contributed by atoms with E-state index in [0.29, 0.717) is 17.9 Å². The lowest BCUT2D eigenvalue weighted by atomic mass is 9.96. The van der Waals surface area contributed by atoms with Crippen LogP contribution in [0.5, 0.6) is 5.75 Å². The highest BCUT2D eigenvalue weighted by atomic mass is 16.5. The molecule has 0 bridgehead atoms. The van der Waals surface area contributed by atoms with Crippen LogP contribution in [0.3, 0.4) is 0 Å². The minimum absolute atomic E-state index is 0.0945. The van der Waals surface area contributed by atoms with E-state index in [-0.39, 0.29) is 18.1 Å². The average molecular weight is 339 g/mol. The molecule has 0 aliphatic carbocycles. The van der Waals surface area contributed by atoms with Crippen molar-refractivity contribution in [3.8, 4) is 5.75 Å². The molecule has 0 aliphatic rings. The molecule has 0 heterocycles. The van der Waals surface area contributed by atoms with Crippen molar-refractivity contribution in [3.63, 3.8) is 0 Å². The quantitative estimate of drug-likeness (QED) is 0.724. The standard InChI is InChI=1S/C21H25NO3/c1-4-7-20(23)19-11-10-15(12-16(19)5-2)13-21(24)22-17-8-6-9-18(14-17)25-3/h6,8-12,14H,4-5,7,13H2,1-3H3,(H,22,24). The van der Waals surface area contributed by atoms with Gasteiger partial charge >= 0.3 is 0 Å². The van der Waals surface area contributed by atoms with Gasteiger partial charge in [-0.1, -0.05) is 38.1 Å². The van der Waals surface area contributed by atoms with E-state index in [2.05, 4.69) is 5.32 Å². The fraction of sp³-hybridized carbons (Fsp3) is 0.333. The number of Topliss-reactive ketones (excluding diaryl/α,β-unsaturated/α-hetero) is 1. The Bertz CT molecular complexity index is 753. The number of amides is 1. The predicted octanol–water partition coefficient (Wildman–Crippen LogP) is 4.42. The number of ketones is 1. The number of rotatable bonds is 8. The van der Waals surface area contributed by atoms with Gasteiger partial charge in [-0.2, -0.15) is 0 Å². The van der Waals surface area contributed by atoms with Crippen LogP contribution in [0.2, 0.25) is 0 Å². The summed E-state index contributed by atoms with van der Waals surface area (Å²) < 4.78 is 5.16. The van der Waals surface area contributed by atoms with Crippen LogP contribution >= 0.6 is 0 Å². The zero-order chi connectivity index (χ0) is 18.2. The van der Waals surface area contributed by atoms with E-state index in [1.807, 2.05) is 50.2 Å². The summed E-state index contributed by atoms with van der Waals surface area (Å²) in [6.45, 7) is 4.03. The first-order chi connectivity index (χ1) is 12.1. The summed E-state index contributed by atoms with van der Waals surface area (Å²) in [5.74, 6) is 0.777. The normalized spacial score (nSPS) is 10.4. The predicted molar refractivity (Wildman–Crippen MR) is 100 cm³/mol. The minimum atomic E-state index is -0.0945. The van der Waals surface area contributed by atoms with E-state index < -0.39 is 0 Å². The minimum Gasteiger partial charge on any atom is -0.497 e. The van der Waals surface area contributed by atoms with E-state index >= 15 is 0 Å². The number of aryl methyl sites for hydroxylation is 1. The van der Waals surface area contributed by atoms with Gasteiger partial charge in [-0.05, 0) is 36.1 Å². The summed E-state index contributed by atoms with van der Waals surface area (Å²) in [6, 6.07) is 12.9. The summed E-state index contributed by atoms with van der Waals surface area (Å²) in [6.07, 6.45) is 2.44. The number of ether oxygens (including phenoxy) is 1. The number of hydrogen-bond acceptors (Lipinski definition) is 3. The Kier molecular flexibility index (Phi) is 6.75. The summed E-state index contributed by atoms with van der Waals surface area (Å²) in [4.78, 5) is 24.5. The van der Waals surface area contributed by atoms with Crippen LogP contribution in [-0.4, -0.2) is 18.8 Å². The first-order valence-corrected chi connectivity index (χ1v) is 8.66. The third-order valence-corrected chi connectivity index (χ3v) is 4.05. The zero-order valence-corrected chi connectivity index (χ0v) is 15.1. The van der Waals surface area contributed by atoms with Gasteiger partial charge in [0.25, 0.3) is 0 Å². The van der Waals surface area contributed by atoms with Crippen LogP contribution in [0.15, 0.2) is 42.5 Å². The second-order valence-corrected chi connectivity index (χ2v) is 5.98.